The van der Waals surface area contributed by atoms with Gasteiger partial charge in [-0.05, 0) is 50.3 Å². The fraction of sp³-hybridized carbons (Fsp3) is 0.667. The number of hydrogen-bond acceptors (Lipinski definition) is 2. The van der Waals surface area contributed by atoms with Crippen molar-refractivity contribution in [3.8, 4) is 0 Å². The van der Waals surface area contributed by atoms with Gasteiger partial charge in [-0.3, -0.25) is 0 Å². The van der Waals surface area contributed by atoms with Crippen LogP contribution in [0.15, 0.2) is 24.3 Å². The Hall–Kier alpha value is -1.02. The highest BCUT2D eigenvalue weighted by Gasteiger charge is 2.22. The molecule has 3 rings (SSSR count). The molecule has 0 aromatic heterocycles. The molecule has 1 unspecified atom stereocenters. The van der Waals surface area contributed by atoms with Crippen LogP contribution in [0.1, 0.15) is 44.1 Å². The Morgan fingerprint density at radius 1 is 1.10 bits per heavy atom. The minimum atomic E-state index is 0.685. The first-order valence-corrected chi connectivity index (χ1v) is 8.35. The van der Waals surface area contributed by atoms with Gasteiger partial charge in [0.05, 0.1) is 0 Å². The molecule has 2 heteroatoms. The SMILES string of the molecule is CN(CC1CCCCC1)C1CCc2ccccc2NC1. The molecule has 1 fully saturated rings. The van der Waals surface area contributed by atoms with Crippen LogP contribution in [0.4, 0.5) is 5.69 Å². The molecule has 0 amide bonds. The van der Waals surface area contributed by atoms with E-state index in [0.29, 0.717) is 6.04 Å². The first-order chi connectivity index (χ1) is 9.83. The first kappa shape index (κ1) is 13.9. The highest BCUT2D eigenvalue weighted by atomic mass is 15.2. The van der Waals surface area contributed by atoms with Crippen LogP contribution >= 0.6 is 0 Å². The molecule has 0 bridgehead atoms. The van der Waals surface area contributed by atoms with E-state index in [9.17, 15) is 0 Å². The summed E-state index contributed by atoms with van der Waals surface area (Å²) in [5.74, 6) is 0.944. The molecule has 0 spiro atoms. The number of likely N-dealkylation sites (N-methyl/N-ethyl adjacent to an activating group) is 1. The molecule has 110 valence electrons. The van der Waals surface area contributed by atoms with E-state index in [1.54, 1.807) is 0 Å². The smallest absolute Gasteiger partial charge is 0.0373 e. The lowest BCUT2D eigenvalue weighted by molar-refractivity contribution is 0.182. The zero-order valence-electron chi connectivity index (χ0n) is 12.8. The van der Waals surface area contributed by atoms with E-state index >= 15 is 0 Å². The van der Waals surface area contributed by atoms with Crippen LogP contribution in [-0.4, -0.2) is 31.1 Å². The van der Waals surface area contributed by atoms with Crippen LogP contribution in [0.2, 0.25) is 0 Å². The maximum absolute atomic E-state index is 3.65. The second-order valence-electron chi connectivity index (χ2n) is 6.67. The summed E-state index contributed by atoms with van der Waals surface area (Å²) in [6.45, 7) is 2.39. The van der Waals surface area contributed by atoms with E-state index in [2.05, 4.69) is 41.5 Å². The summed E-state index contributed by atoms with van der Waals surface area (Å²) in [7, 11) is 2.33. The molecule has 1 aliphatic carbocycles. The van der Waals surface area contributed by atoms with Crippen LogP contribution in [0.5, 0.6) is 0 Å². The third-order valence-electron chi connectivity index (χ3n) is 5.19. The number of hydrogen-bond donors (Lipinski definition) is 1. The number of aryl methyl sites for hydroxylation is 1. The topological polar surface area (TPSA) is 15.3 Å². The lowest BCUT2D eigenvalue weighted by Gasteiger charge is -2.32. The van der Waals surface area contributed by atoms with Gasteiger partial charge in [-0.1, -0.05) is 37.5 Å². The van der Waals surface area contributed by atoms with Gasteiger partial charge in [0.15, 0.2) is 0 Å². The van der Waals surface area contributed by atoms with Gasteiger partial charge in [0.1, 0.15) is 0 Å². The van der Waals surface area contributed by atoms with Gasteiger partial charge in [0.2, 0.25) is 0 Å². The number of nitrogens with zero attached hydrogens (tertiary/aromatic N) is 1. The molecular weight excluding hydrogens is 244 g/mol. The number of anilines is 1. The van der Waals surface area contributed by atoms with E-state index in [0.717, 1.165) is 12.5 Å². The van der Waals surface area contributed by atoms with Crippen molar-refractivity contribution in [3.05, 3.63) is 29.8 Å². The average molecular weight is 272 g/mol. The molecular formula is C18H28N2. The molecule has 1 heterocycles. The summed E-state index contributed by atoms with van der Waals surface area (Å²) in [6.07, 6.45) is 9.76. The highest BCUT2D eigenvalue weighted by molar-refractivity contribution is 5.52. The van der Waals surface area contributed by atoms with Crippen LogP contribution < -0.4 is 5.32 Å². The fourth-order valence-electron chi connectivity index (χ4n) is 3.86. The minimum absolute atomic E-state index is 0.685. The summed E-state index contributed by atoms with van der Waals surface area (Å²) in [5.41, 5.74) is 2.84. The van der Waals surface area contributed by atoms with Crippen molar-refractivity contribution >= 4 is 5.69 Å². The van der Waals surface area contributed by atoms with Crippen molar-refractivity contribution in [2.24, 2.45) is 5.92 Å². The van der Waals surface area contributed by atoms with E-state index < -0.39 is 0 Å². The van der Waals surface area contributed by atoms with Crippen molar-refractivity contribution in [3.63, 3.8) is 0 Å². The molecule has 2 nitrogen and oxygen atoms in total. The number of nitrogens with one attached hydrogen (secondary N) is 1. The molecule has 1 N–H and O–H groups in total. The Kier molecular flexibility index (Phi) is 4.62. The second kappa shape index (κ2) is 6.62. The number of benzene rings is 1. The normalized spacial score (nSPS) is 24.0. The predicted octanol–water partition coefficient (Wildman–Crippen LogP) is 3.93. The summed E-state index contributed by atoms with van der Waals surface area (Å²) in [5, 5.41) is 3.65. The van der Waals surface area contributed by atoms with Gasteiger partial charge in [-0.2, -0.15) is 0 Å². The summed E-state index contributed by atoms with van der Waals surface area (Å²) >= 11 is 0. The maximum Gasteiger partial charge on any atom is 0.0373 e. The van der Waals surface area contributed by atoms with E-state index in [4.69, 9.17) is 0 Å². The zero-order chi connectivity index (χ0) is 13.8. The molecule has 1 saturated carbocycles. The standard InChI is InChI=1S/C18H28N2/c1-20(14-15-7-3-2-4-8-15)17-12-11-16-9-5-6-10-18(16)19-13-17/h5-6,9-10,15,17,19H,2-4,7-8,11-14H2,1H3. The lowest BCUT2D eigenvalue weighted by Crippen LogP contribution is -2.40. The van der Waals surface area contributed by atoms with Crippen molar-refractivity contribution in [2.45, 2.75) is 51.0 Å². The molecule has 1 aliphatic heterocycles. The van der Waals surface area contributed by atoms with Gasteiger partial charge in [0, 0.05) is 24.8 Å². The van der Waals surface area contributed by atoms with Crippen molar-refractivity contribution in [1.82, 2.24) is 4.90 Å². The van der Waals surface area contributed by atoms with Gasteiger partial charge in [0.25, 0.3) is 0 Å². The van der Waals surface area contributed by atoms with Crippen molar-refractivity contribution < 1.29 is 0 Å². The minimum Gasteiger partial charge on any atom is -0.383 e. The number of rotatable bonds is 3. The zero-order valence-corrected chi connectivity index (χ0v) is 12.8. The molecule has 1 atom stereocenters. The molecule has 0 saturated heterocycles. The molecule has 1 aromatic carbocycles. The van der Waals surface area contributed by atoms with Gasteiger partial charge >= 0.3 is 0 Å². The second-order valence-corrected chi connectivity index (χ2v) is 6.67. The number of fused-ring (bicyclic) bond motifs is 1. The first-order valence-electron chi connectivity index (χ1n) is 8.35. The third kappa shape index (κ3) is 3.35. The summed E-state index contributed by atoms with van der Waals surface area (Å²) in [6, 6.07) is 9.47. The van der Waals surface area contributed by atoms with E-state index in [1.165, 1.54) is 62.7 Å². The van der Waals surface area contributed by atoms with Crippen molar-refractivity contribution in [1.29, 1.82) is 0 Å². The summed E-state index contributed by atoms with van der Waals surface area (Å²) in [4.78, 5) is 2.62. The summed E-state index contributed by atoms with van der Waals surface area (Å²) < 4.78 is 0. The molecule has 2 aliphatic rings. The van der Waals surface area contributed by atoms with Crippen molar-refractivity contribution in [2.75, 3.05) is 25.5 Å². The maximum atomic E-state index is 3.65. The average Bonchev–Trinajstić information content (AvgIpc) is 2.71. The number of para-hydroxylation sites is 1. The molecule has 0 radical (unpaired) electrons. The fourth-order valence-corrected chi connectivity index (χ4v) is 3.86. The van der Waals surface area contributed by atoms with Crippen LogP contribution in [0.3, 0.4) is 0 Å². The van der Waals surface area contributed by atoms with Crippen LogP contribution in [-0.2, 0) is 6.42 Å². The monoisotopic (exact) mass is 272 g/mol. The van der Waals surface area contributed by atoms with E-state index in [-0.39, 0.29) is 0 Å². The molecule has 1 aromatic rings. The van der Waals surface area contributed by atoms with Gasteiger partial charge < -0.3 is 10.2 Å². The highest BCUT2D eigenvalue weighted by Crippen LogP contribution is 2.26. The van der Waals surface area contributed by atoms with Crippen LogP contribution in [0.25, 0.3) is 0 Å². The van der Waals surface area contributed by atoms with E-state index in [1.807, 2.05) is 0 Å². The quantitative estimate of drug-likeness (QED) is 0.897. The molecule has 20 heavy (non-hydrogen) atoms. The Bertz CT molecular complexity index is 396. The Labute approximate surface area is 123 Å². The Balaban J connectivity index is 1.55. The predicted molar refractivity (Wildman–Crippen MR) is 86.2 cm³/mol. The largest absolute Gasteiger partial charge is 0.383 e. The van der Waals surface area contributed by atoms with Gasteiger partial charge in [-0.15, -0.1) is 0 Å². The van der Waals surface area contributed by atoms with Gasteiger partial charge in [-0.25, -0.2) is 0 Å². The Morgan fingerprint density at radius 3 is 2.75 bits per heavy atom. The van der Waals surface area contributed by atoms with Crippen LogP contribution in [0, 0.1) is 5.92 Å². The third-order valence-corrected chi connectivity index (χ3v) is 5.19. The lowest BCUT2D eigenvalue weighted by atomic mass is 9.88. The Morgan fingerprint density at radius 2 is 1.90 bits per heavy atom.